The molecule has 0 bridgehead atoms. The number of H-pyrrole nitrogens is 1. The van der Waals surface area contributed by atoms with E-state index in [1.54, 1.807) is 7.11 Å². The Morgan fingerprint density at radius 3 is 2.85 bits per heavy atom. The van der Waals surface area contributed by atoms with Crippen molar-refractivity contribution in [3.8, 4) is 16.9 Å². The summed E-state index contributed by atoms with van der Waals surface area (Å²) in [4.78, 5) is 14.6. The summed E-state index contributed by atoms with van der Waals surface area (Å²) >= 11 is 0. The highest BCUT2D eigenvalue weighted by atomic mass is 16.5. The third-order valence-corrected chi connectivity index (χ3v) is 5.62. The van der Waals surface area contributed by atoms with Crippen LogP contribution in [0.2, 0.25) is 0 Å². The number of benzene rings is 1. The number of likely N-dealkylation sites (tertiary alicyclic amines) is 1. The van der Waals surface area contributed by atoms with Gasteiger partial charge in [-0.2, -0.15) is 5.10 Å². The predicted molar refractivity (Wildman–Crippen MR) is 100 cm³/mol. The van der Waals surface area contributed by atoms with Crippen LogP contribution in [0.25, 0.3) is 11.1 Å². The van der Waals surface area contributed by atoms with Gasteiger partial charge in [0, 0.05) is 30.3 Å². The fourth-order valence-electron chi connectivity index (χ4n) is 4.13. The number of carbonyl (C=O) groups excluding carboxylic acids is 1. The summed E-state index contributed by atoms with van der Waals surface area (Å²) in [5.41, 5.74) is 3.41. The van der Waals surface area contributed by atoms with Crippen LogP contribution in [0, 0.1) is 0 Å². The molecule has 2 aliphatic rings. The van der Waals surface area contributed by atoms with E-state index >= 15 is 0 Å². The van der Waals surface area contributed by atoms with Crippen molar-refractivity contribution in [2.75, 3.05) is 26.7 Å². The Morgan fingerprint density at radius 2 is 2.12 bits per heavy atom. The van der Waals surface area contributed by atoms with Gasteiger partial charge in [0.2, 0.25) is 5.91 Å². The minimum absolute atomic E-state index is 0.0334. The third-order valence-electron chi connectivity index (χ3n) is 5.62. The molecular formula is C20H26N4O2. The van der Waals surface area contributed by atoms with Gasteiger partial charge in [0.15, 0.2) is 0 Å². The van der Waals surface area contributed by atoms with E-state index < -0.39 is 0 Å². The van der Waals surface area contributed by atoms with E-state index in [1.165, 1.54) is 5.69 Å². The number of nitrogens with one attached hydrogen (secondary N) is 2. The number of methoxy groups -OCH3 is 1. The van der Waals surface area contributed by atoms with Crippen molar-refractivity contribution in [2.45, 2.75) is 37.6 Å². The fraction of sp³-hybridized carbons (Fsp3) is 0.500. The van der Waals surface area contributed by atoms with Gasteiger partial charge in [0.25, 0.3) is 0 Å². The van der Waals surface area contributed by atoms with Gasteiger partial charge in [-0.25, -0.2) is 0 Å². The van der Waals surface area contributed by atoms with Crippen molar-refractivity contribution in [1.29, 1.82) is 0 Å². The third kappa shape index (κ3) is 3.33. The minimum Gasteiger partial charge on any atom is -0.497 e. The van der Waals surface area contributed by atoms with Crippen LogP contribution in [0.3, 0.4) is 0 Å². The molecule has 2 fully saturated rings. The molecular weight excluding hydrogens is 328 g/mol. The van der Waals surface area contributed by atoms with Gasteiger partial charge >= 0.3 is 0 Å². The van der Waals surface area contributed by atoms with Crippen LogP contribution in [0.4, 0.5) is 0 Å². The number of amides is 1. The number of hydrogen-bond acceptors (Lipinski definition) is 4. The van der Waals surface area contributed by atoms with Gasteiger partial charge in [-0.15, -0.1) is 0 Å². The molecule has 3 heterocycles. The molecule has 0 aliphatic carbocycles. The Labute approximate surface area is 153 Å². The highest BCUT2D eigenvalue weighted by Gasteiger charge is 2.31. The summed E-state index contributed by atoms with van der Waals surface area (Å²) < 4.78 is 5.35. The topological polar surface area (TPSA) is 70.2 Å². The van der Waals surface area contributed by atoms with Crippen LogP contribution < -0.4 is 10.1 Å². The van der Waals surface area contributed by atoms with Crippen molar-refractivity contribution in [1.82, 2.24) is 20.4 Å². The summed E-state index contributed by atoms with van der Waals surface area (Å²) in [6, 6.07) is 8.11. The molecule has 2 saturated heterocycles. The monoisotopic (exact) mass is 354 g/mol. The number of piperidine rings is 1. The molecule has 0 saturated carbocycles. The second kappa shape index (κ2) is 7.50. The number of ether oxygens (including phenoxy) is 1. The smallest absolute Gasteiger partial charge is 0.239 e. The second-order valence-electron chi connectivity index (χ2n) is 7.18. The van der Waals surface area contributed by atoms with Gasteiger partial charge < -0.3 is 15.0 Å². The van der Waals surface area contributed by atoms with E-state index in [1.807, 2.05) is 29.3 Å². The Hall–Kier alpha value is -2.34. The molecule has 26 heavy (non-hydrogen) atoms. The molecule has 2 aliphatic heterocycles. The zero-order valence-corrected chi connectivity index (χ0v) is 15.2. The molecule has 0 unspecified atom stereocenters. The first-order valence-electron chi connectivity index (χ1n) is 9.46. The summed E-state index contributed by atoms with van der Waals surface area (Å²) in [7, 11) is 1.68. The van der Waals surface area contributed by atoms with Crippen LogP contribution >= 0.6 is 0 Å². The number of hydrogen-bond donors (Lipinski definition) is 2. The van der Waals surface area contributed by atoms with Crippen molar-refractivity contribution in [2.24, 2.45) is 0 Å². The molecule has 4 rings (SSSR count). The average molecular weight is 354 g/mol. The van der Waals surface area contributed by atoms with Crippen molar-refractivity contribution in [3.63, 3.8) is 0 Å². The zero-order valence-electron chi connectivity index (χ0n) is 15.2. The molecule has 0 radical (unpaired) electrons. The number of carbonyl (C=O) groups is 1. The summed E-state index contributed by atoms with van der Waals surface area (Å²) in [6.07, 6.45) is 5.91. The Kier molecular flexibility index (Phi) is 4.93. The Bertz CT molecular complexity index is 759. The quantitative estimate of drug-likeness (QED) is 0.885. The lowest BCUT2D eigenvalue weighted by atomic mass is 9.89. The van der Waals surface area contributed by atoms with E-state index in [0.717, 1.165) is 62.2 Å². The van der Waals surface area contributed by atoms with E-state index in [2.05, 4.69) is 21.6 Å². The fourth-order valence-corrected chi connectivity index (χ4v) is 4.13. The molecule has 6 nitrogen and oxygen atoms in total. The number of aromatic amines is 1. The maximum absolute atomic E-state index is 12.6. The van der Waals surface area contributed by atoms with Gasteiger partial charge in [-0.3, -0.25) is 9.89 Å². The van der Waals surface area contributed by atoms with Crippen LogP contribution in [-0.2, 0) is 4.79 Å². The van der Waals surface area contributed by atoms with Crippen LogP contribution in [-0.4, -0.2) is 53.8 Å². The molecule has 1 aromatic heterocycles. The molecule has 138 valence electrons. The van der Waals surface area contributed by atoms with E-state index in [0.29, 0.717) is 5.92 Å². The molecule has 2 N–H and O–H groups in total. The zero-order chi connectivity index (χ0) is 17.9. The maximum Gasteiger partial charge on any atom is 0.239 e. The molecule has 0 spiro atoms. The summed E-state index contributed by atoms with van der Waals surface area (Å²) in [5.74, 6) is 1.52. The first-order valence-corrected chi connectivity index (χ1v) is 9.46. The number of rotatable bonds is 4. The highest BCUT2D eigenvalue weighted by molar-refractivity contribution is 5.82. The van der Waals surface area contributed by atoms with Gasteiger partial charge in [-0.1, -0.05) is 12.1 Å². The lowest BCUT2D eigenvalue weighted by Gasteiger charge is -2.33. The van der Waals surface area contributed by atoms with Gasteiger partial charge in [0.1, 0.15) is 5.75 Å². The molecule has 1 aromatic carbocycles. The lowest BCUT2D eigenvalue weighted by Crippen LogP contribution is -2.46. The number of aromatic nitrogens is 2. The molecule has 2 aromatic rings. The van der Waals surface area contributed by atoms with E-state index in [9.17, 15) is 4.79 Å². The standard InChI is InChI=1S/C20H26N4O2/c1-26-16-5-2-4-15(12-16)17-13-22-23-19(17)14-7-10-24(11-8-14)20(25)18-6-3-9-21-18/h2,4-5,12-14,18,21H,3,6-11H2,1H3,(H,22,23)/t18-/m1/s1. The first kappa shape index (κ1) is 17.1. The molecule has 1 amide bonds. The second-order valence-corrected chi connectivity index (χ2v) is 7.18. The molecule has 1 atom stereocenters. The van der Waals surface area contributed by atoms with Crippen molar-refractivity contribution < 1.29 is 9.53 Å². The SMILES string of the molecule is COc1cccc(-c2cn[nH]c2C2CCN(C(=O)[C@H]3CCCN3)CC2)c1. The minimum atomic E-state index is 0.0334. The predicted octanol–water partition coefficient (Wildman–Crippen LogP) is 2.54. The van der Waals surface area contributed by atoms with E-state index in [-0.39, 0.29) is 11.9 Å². The normalized spacial score (nSPS) is 21.1. The summed E-state index contributed by atoms with van der Waals surface area (Å²) in [6.45, 7) is 2.60. The van der Waals surface area contributed by atoms with Crippen molar-refractivity contribution >= 4 is 5.91 Å². The highest BCUT2D eigenvalue weighted by Crippen LogP contribution is 2.35. The Morgan fingerprint density at radius 1 is 1.27 bits per heavy atom. The number of nitrogens with zero attached hydrogens (tertiary/aromatic N) is 2. The van der Waals surface area contributed by atoms with E-state index in [4.69, 9.17) is 4.74 Å². The molecule has 6 heteroatoms. The van der Waals surface area contributed by atoms with Gasteiger partial charge in [-0.05, 0) is 49.9 Å². The Balaban J connectivity index is 1.45. The van der Waals surface area contributed by atoms with Crippen LogP contribution in [0.15, 0.2) is 30.5 Å². The summed E-state index contributed by atoms with van der Waals surface area (Å²) in [5, 5.41) is 10.8. The van der Waals surface area contributed by atoms with Crippen LogP contribution in [0.1, 0.15) is 37.3 Å². The lowest BCUT2D eigenvalue weighted by molar-refractivity contribution is -0.134. The first-order chi connectivity index (χ1) is 12.8. The van der Waals surface area contributed by atoms with Crippen LogP contribution in [0.5, 0.6) is 5.75 Å². The maximum atomic E-state index is 12.6. The van der Waals surface area contributed by atoms with Gasteiger partial charge in [0.05, 0.1) is 19.3 Å². The van der Waals surface area contributed by atoms with Crippen molar-refractivity contribution in [3.05, 3.63) is 36.2 Å². The average Bonchev–Trinajstić information content (AvgIpc) is 3.39. The largest absolute Gasteiger partial charge is 0.497 e.